The predicted molar refractivity (Wildman–Crippen MR) is 270 cm³/mol. The molecule has 0 saturated heterocycles. The summed E-state index contributed by atoms with van der Waals surface area (Å²) >= 11 is 4.50. The Bertz CT molecular complexity index is 3310. The first-order valence-electron chi connectivity index (χ1n) is 21.4. The van der Waals surface area contributed by atoms with Crippen LogP contribution in [0.4, 0.5) is 4.53 Å². The predicted octanol–water partition coefficient (Wildman–Crippen LogP) is 11.1. The lowest BCUT2D eigenvalue weighted by molar-refractivity contribution is -0.147. The van der Waals surface area contributed by atoms with Gasteiger partial charge in [-0.15, -0.1) is 0 Å². The second-order valence-corrected chi connectivity index (χ2v) is 17.4. The normalized spacial score (nSPS) is 12.1. The van der Waals surface area contributed by atoms with Crippen molar-refractivity contribution in [3.05, 3.63) is 143 Å². The van der Waals surface area contributed by atoms with Gasteiger partial charge in [0, 0.05) is 61.0 Å². The van der Waals surface area contributed by atoms with Gasteiger partial charge in [0.1, 0.15) is 0 Å². The van der Waals surface area contributed by atoms with Gasteiger partial charge < -0.3 is 5.41 Å². The number of hydrogen-bond acceptors (Lipinski definition) is 11. The van der Waals surface area contributed by atoms with Crippen molar-refractivity contribution in [2.24, 2.45) is 16.1 Å². The van der Waals surface area contributed by atoms with Crippen LogP contribution in [0, 0.1) is 5.41 Å². The van der Waals surface area contributed by atoms with Crippen LogP contribution in [0.15, 0.2) is 119 Å². The second-order valence-electron chi connectivity index (χ2n) is 17.0. The molecule has 0 bridgehead atoms. The molecule has 6 aromatic heterocycles. The van der Waals surface area contributed by atoms with Crippen LogP contribution in [-0.2, 0) is 9.70 Å². The van der Waals surface area contributed by atoms with Gasteiger partial charge in [0.15, 0.2) is 0 Å². The Labute approximate surface area is 387 Å². The zero-order valence-electron chi connectivity index (χ0n) is 38.1. The summed E-state index contributed by atoms with van der Waals surface area (Å²) in [6.07, 6.45) is 4.42. The Kier molecular flexibility index (Phi) is 14.4. The molecule has 0 radical (unpaired) electrons. The molecule has 0 aliphatic carbocycles. The van der Waals surface area contributed by atoms with E-state index in [1.54, 1.807) is 12.4 Å². The van der Waals surface area contributed by atoms with E-state index in [0.717, 1.165) is 82.5 Å². The number of hydrogen-bond donors (Lipinski definition) is 4. The number of aromatic nitrogens is 6. The molecule has 334 valence electrons. The number of pyridine rings is 6. The van der Waals surface area contributed by atoms with Gasteiger partial charge in [0.25, 0.3) is 0 Å². The van der Waals surface area contributed by atoms with Gasteiger partial charge in [0.05, 0.1) is 81.6 Å². The van der Waals surface area contributed by atoms with E-state index in [4.69, 9.17) is 40.8 Å². The van der Waals surface area contributed by atoms with Gasteiger partial charge >= 0.3 is 6.03 Å². The van der Waals surface area contributed by atoms with Crippen LogP contribution in [0.1, 0.15) is 94.5 Å². The third kappa shape index (κ3) is 10.7. The molecule has 6 heterocycles. The maximum absolute atomic E-state index is 7.33. The fourth-order valence-electron chi connectivity index (χ4n) is 7.06. The number of carbonyl (C=O) groups excluding carboxylic acids is 1. The van der Waals surface area contributed by atoms with Gasteiger partial charge in [-0.1, -0.05) is 132 Å². The van der Waals surface area contributed by atoms with Crippen molar-refractivity contribution in [2.75, 3.05) is 7.11 Å². The topological polar surface area (TPSA) is 197 Å². The number of nitrogens with one attached hydrogen (secondary N) is 3. The lowest BCUT2D eigenvalue weighted by Crippen LogP contribution is -2.30. The molecule has 9 rings (SSSR count). The Hall–Kier alpha value is -7.55. The minimum Gasteiger partial charge on any atom is -0.307 e. The minimum absolute atomic E-state index is 0.0229. The number of rotatable bonds is 7. The molecule has 2 amide bonds. The summed E-state index contributed by atoms with van der Waals surface area (Å²) in [6, 6.07) is 36.4. The molecule has 66 heavy (non-hydrogen) atoms. The number of nitrogens with zero attached hydrogens (tertiary/aromatic N) is 8. The fraction of sp³-hybridized carbons (Fsp3) is 0.216. The first kappa shape index (κ1) is 46.4. The number of fused-ring (bicyclic) bond motifs is 9. The molecule has 14 nitrogen and oxygen atoms in total. The highest BCUT2D eigenvalue weighted by Gasteiger charge is 2.17. The summed E-state index contributed by atoms with van der Waals surface area (Å²) in [4.78, 5) is 28.7. The zero-order chi connectivity index (χ0) is 47.0. The highest BCUT2D eigenvalue weighted by Crippen LogP contribution is 2.29. The molecule has 9 aromatic rings. The molecule has 15 heteroatoms. The first-order valence-corrected chi connectivity index (χ1v) is 21.7. The van der Waals surface area contributed by atoms with Crippen molar-refractivity contribution >= 4 is 102 Å². The lowest BCUT2D eigenvalue weighted by Gasteiger charge is -2.18. The van der Waals surface area contributed by atoms with E-state index < -0.39 is 0 Å². The number of nitrogens with two attached hydrogens (primary N) is 1. The standard InChI is InChI=1S/C34H34N9O.C16H15N3.CH3ClO/c1-20(2)27-16-12-23-8-6-21-10-14-25(38-29(21)31(23)40-27)18-36-42-33(44-35)43-37-19-26-15-11-22-7-9-24-13-17-28(34(3,4)5)41-32(24)30(22)39-26;1-10(2)14-8-6-12-4-3-11-5-7-13(9-17)18-15(11)16(12)19-14;1-3-2/h6-20,42-43H,35H2,1-5H3;3-10,17H,1-2H3;1H3/q+1;;/b36-18+,37-19+;;. The highest BCUT2D eigenvalue weighted by atomic mass is 35.5. The molecular weight excluding hydrogens is 848 g/mol. The Morgan fingerprint density at radius 2 is 0.879 bits per heavy atom. The quantitative estimate of drug-likeness (QED) is 0.0524. The lowest BCUT2D eigenvalue weighted by atomic mass is 9.91. The van der Waals surface area contributed by atoms with E-state index in [1.165, 1.54) is 13.3 Å². The molecular formula is C51H52ClN12O2+. The van der Waals surface area contributed by atoms with Crippen molar-refractivity contribution in [1.29, 1.82) is 5.41 Å². The van der Waals surface area contributed by atoms with Gasteiger partial charge in [-0.3, -0.25) is 14.3 Å². The number of benzene rings is 3. The SMILES string of the molecule is CC(C)c1ccc2ccc3ccc(/C=N/NC(N/N=C/c4ccc5ccc6ccc(C(C)(C)C)nc6c5n4)=[O+]N)nc3c2n1.CC(C)c1ccc2ccc3ccc(C=N)nc3c2n1.COCl. The van der Waals surface area contributed by atoms with Crippen molar-refractivity contribution in [3.8, 4) is 0 Å². The summed E-state index contributed by atoms with van der Waals surface area (Å²) in [5.74, 6) is 6.15. The number of halogens is 1. The Balaban J connectivity index is 0.000000244. The third-order valence-corrected chi connectivity index (χ3v) is 10.6. The van der Waals surface area contributed by atoms with E-state index in [1.807, 2.05) is 48.5 Å². The van der Waals surface area contributed by atoms with E-state index >= 15 is 0 Å². The molecule has 0 aliphatic rings. The summed E-state index contributed by atoms with van der Waals surface area (Å²) in [5.41, 5.74) is 15.6. The maximum Gasteiger partial charge on any atom is 0.586 e. The smallest absolute Gasteiger partial charge is 0.307 e. The van der Waals surface area contributed by atoms with Crippen molar-refractivity contribution in [2.45, 2.75) is 65.7 Å². The average Bonchev–Trinajstić information content (AvgIpc) is 3.32. The summed E-state index contributed by atoms with van der Waals surface area (Å²) in [7, 11) is 1.39. The molecule has 0 fully saturated rings. The van der Waals surface area contributed by atoms with Gasteiger partial charge in [-0.05, 0) is 48.2 Å². The largest absolute Gasteiger partial charge is 0.586 e. The molecule has 5 N–H and O–H groups in total. The van der Waals surface area contributed by atoms with Crippen LogP contribution in [0.2, 0.25) is 0 Å². The summed E-state index contributed by atoms with van der Waals surface area (Å²) in [6.45, 7) is 15.0. The number of amides is 2. The molecule has 0 atom stereocenters. The molecule has 0 saturated carbocycles. The van der Waals surface area contributed by atoms with Crippen LogP contribution < -0.4 is 16.7 Å². The molecule has 0 unspecified atom stereocenters. The maximum atomic E-state index is 7.33. The Morgan fingerprint density at radius 3 is 1.24 bits per heavy atom. The van der Waals surface area contributed by atoms with E-state index in [9.17, 15) is 0 Å². The van der Waals surface area contributed by atoms with E-state index in [0.29, 0.717) is 28.9 Å². The van der Waals surface area contributed by atoms with E-state index in [-0.39, 0.29) is 11.4 Å². The highest BCUT2D eigenvalue weighted by molar-refractivity contribution is 6.07. The summed E-state index contributed by atoms with van der Waals surface area (Å²) < 4.78 is 8.59. The third-order valence-electron chi connectivity index (χ3n) is 10.6. The first-order chi connectivity index (χ1) is 31.8. The van der Waals surface area contributed by atoms with Gasteiger partial charge in [-0.25, -0.2) is 19.9 Å². The van der Waals surface area contributed by atoms with Crippen molar-refractivity contribution < 1.29 is 8.81 Å². The Morgan fingerprint density at radius 1 is 0.561 bits per heavy atom. The van der Waals surface area contributed by atoms with Crippen LogP contribution in [0.3, 0.4) is 0 Å². The van der Waals surface area contributed by atoms with Gasteiger partial charge in [-0.2, -0.15) is 21.1 Å². The molecule has 3 aromatic carbocycles. The van der Waals surface area contributed by atoms with Crippen molar-refractivity contribution in [3.63, 3.8) is 0 Å². The fourth-order valence-corrected chi connectivity index (χ4v) is 7.06. The van der Waals surface area contributed by atoms with Crippen LogP contribution >= 0.6 is 11.9 Å². The number of urea groups is 1. The number of hydrazone groups is 2. The second kappa shape index (κ2) is 20.5. The zero-order valence-corrected chi connectivity index (χ0v) is 38.9. The average molecular weight is 901 g/mol. The summed E-state index contributed by atoms with van der Waals surface area (Å²) in [5, 5.41) is 22.0. The monoisotopic (exact) mass is 899 g/mol. The van der Waals surface area contributed by atoms with Crippen LogP contribution in [0.25, 0.3) is 65.4 Å². The van der Waals surface area contributed by atoms with Crippen molar-refractivity contribution in [1.82, 2.24) is 40.8 Å². The van der Waals surface area contributed by atoms with Crippen LogP contribution in [0.5, 0.6) is 0 Å². The van der Waals surface area contributed by atoms with Crippen LogP contribution in [-0.4, -0.2) is 61.7 Å². The van der Waals surface area contributed by atoms with E-state index in [2.05, 4.69) is 151 Å². The minimum atomic E-state index is -0.0727. The molecule has 0 aliphatic heterocycles. The van der Waals surface area contributed by atoms with Gasteiger partial charge in [0.2, 0.25) is 0 Å². The molecule has 0 spiro atoms.